The van der Waals surface area contributed by atoms with E-state index in [1.807, 2.05) is 42.5 Å². The third-order valence-corrected chi connectivity index (χ3v) is 4.78. The van der Waals surface area contributed by atoms with Gasteiger partial charge in [-0.05, 0) is 36.2 Å². The van der Waals surface area contributed by atoms with E-state index in [0.717, 1.165) is 40.2 Å². The van der Waals surface area contributed by atoms with E-state index in [-0.39, 0.29) is 0 Å². The molecule has 0 saturated heterocycles. The van der Waals surface area contributed by atoms with Crippen molar-refractivity contribution in [1.82, 2.24) is 19.5 Å². The fourth-order valence-corrected chi connectivity index (χ4v) is 3.40. The summed E-state index contributed by atoms with van der Waals surface area (Å²) in [6.45, 7) is 2.16. The fourth-order valence-electron chi connectivity index (χ4n) is 3.40. The standard InChI is InChI=1S/C23H18N4/c1-2-16-9-8-12-18(15-16)27-22(17-10-4-3-5-11-17)26-21-23(27)25-20-14-7-6-13-19(20)24-21/h3-15H,2H2,1H3. The first-order chi connectivity index (χ1) is 13.3. The lowest BCUT2D eigenvalue weighted by molar-refractivity contribution is 1.06. The van der Waals surface area contributed by atoms with E-state index in [4.69, 9.17) is 15.0 Å². The Bertz CT molecular complexity index is 1260. The molecule has 130 valence electrons. The molecule has 0 unspecified atom stereocenters. The molecule has 0 atom stereocenters. The van der Waals surface area contributed by atoms with Crippen molar-refractivity contribution in [3.8, 4) is 17.1 Å². The summed E-state index contributed by atoms with van der Waals surface area (Å²) < 4.78 is 2.11. The summed E-state index contributed by atoms with van der Waals surface area (Å²) in [6.07, 6.45) is 0.982. The minimum atomic E-state index is 0.662. The molecule has 0 radical (unpaired) electrons. The molecule has 0 amide bonds. The number of benzene rings is 3. The molecule has 0 aliphatic carbocycles. The van der Waals surface area contributed by atoms with Crippen LogP contribution in [0.2, 0.25) is 0 Å². The second kappa shape index (κ2) is 6.32. The van der Waals surface area contributed by atoms with E-state index in [0.29, 0.717) is 5.65 Å². The maximum Gasteiger partial charge on any atom is 0.199 e. The number of aromatic nitrogens is 4. The van der Waals surface area contributed by atoms with Gasteiger partial charge in [-0.3, -0.25) is 4.57 Å². The molecule has 0 spiro atoms. The van der Waals surface area contributed by atoms with E-state index >= 15 is 0 Å². The Morgan fingerprint density at radius 2 is 1.48 bits per heavy atom. The summed E-state index contributed by atoms with van der Waals surface area (Å²) in [4.78, 5) is 14.5. The van der Waals surface area contributed by atoms with E-state index in [1.165, 1.54) is 5.56 Å². The summed E-state index contributed by atoms with van der Waals surface area (Å²) in [5.74, 6) is 0.856. The van der Waals surface area contributed by atoms with Crippen molar-refractivity contribution in [2.75, 3.05) is 0 Å². The Morgan fingerprint density at radius 1 is 0.741 bits per heavy atom. The van der Waals surface area contributed by atoms with Crippen LogP contribution in [0, 0.1) is 0 Å². The minimum Gasteiger partial charge on any atom is -0.275 e. The summed E-state index contributed by atoms with van der Waals surface area (Å²) in [5, 5.41) is 0. The van der Waals surface area contributed by atoms with Crippen molar-refractivity contribution in [2.45, 2.75) is 13.3 Å². The quantitative estimate of drug-likeness (QED) is 0.449. The smallest absolute Gasteiger partial charge is 0.199 e. The first kappa shape index (κ1) is 15.7. The van der Waals surface area contributed by atoms with Crippen molar-refractivity contribution in [2.24, 2.45) is 0 Å². The molecule has 0 aliphatic heterocycles. The summed E-state index contributed by atoms with van der Waals surface area (Å²) in [6, 6.07) is 26.7. The molecule has 0 saturated carbocycles. The van der Waals surface area contributed by atoms with Crippen LogP contribution in [0.4, 0.5) is 0 Å². The zero-order valence-electron chi connectivity index (χ0n) is 15.0. The molecular formula is C23H18N4. The number of rotatable bonds is 3. The summed E-state index contributed by atoms with van der Waals surface area (Å²) in [7, 11) is 0. The van der Waals surface area contributed by atoms with Gasteiger partial charge in [0.1, 0.15) is 5.82 Å². The van der Waals surface area contributed by atoms with Crippen LogP contribution in [0.3, 0.4) is 0 Å². The van der Waals surface area contributed by atoms with Crippen molar-refractivity contribution < 1.29 is 0 Å². The highest BCUT2D eigenvalue weighted by Gasteiger charge is 2.17. The largest absolute Gasteiger partial charge is 0.275 e. The lowest BCUT2D eigenvalue weighted by Gasteiger charge is -2.10. The number of aryl methyl sites for hydroxylation is 1. The molecule has 0 aliphatic rings. The van der Waals surface area contributed by atoms with Crippen molar-refractivity contribution in [3.05, 3.63) is 84.4 Å². The third-order valence-electron chi connectivity index (χ3n) is 4.78. The number of hydrogen-bond donors (Lipinski definition) is 0. The molecule has 4 nitrogen and oxygen atoms in total. The van der Waals surface area contributed by atoms with Gasteiger partial charge in [0, 0.05) is 11.3 Å². The molecule has 5 aromatic rings. The number of fused-ring (bicyclic) bond motifs is 2. The predicted molar refractivity (Wildman–Crippen MR) is 109 cm³/mol. The van der Waals surface area contributed by atoms with Gasteiger partial charge in [0.25, 0.3) is 0 Å². The number of para-hydroxylation sites is 2. The van der Waals surface area contributed by atoms with E-state index in [2.05, 4.69) is 47.9 Å². The molecule has 2 heterocycles. The van der Waals surface area contributed by atoms with Crippen LogP contribution in [0.25, 0.3) is 39.4 Å². The Morgan fingerprint density at radius 3 is 2.26 bits per heavy atom. The Balaban J connectivity index is 1.88. The van der Waals surface area contributed by atoms with Gasteiger partial charge in [-0.25, -0.2) is 15.0 Å². The average Bonchev–Trinajstić information content (AvgIpc) is 3.11. The number of nitrogens with zero attached hydrogens (tertiary/aromatic N) is 4. The zero-order chi connectivity index (χ0) is 18.2. The predicted octanol–water partition coefficient (Wildman–Crippen LogP) is 5.20. The van der Waals surface area contributed by atoms with Gasteiger partial charge >= 0.3 is 0 Å². The number of hydrogen-bond acceptors (Lipinski definition) is 3. The molecule has 4 heteroatoms. The Kier molecular flexibility index (Phi) is 3.68. The van der Waals surface area contributed by atoms with Crippen molar-refractivity contribution in [3.63, 3.8) is 0 Å². The zero-order valence-corrected chi connectivity index (χ0v) is 15.0. The van der Waals surface area contributed by atoms with Gasteiger partial charge in [-0.15, -0.1) is 0 Å². The van der Waals surface area contributed by atoms with Gasteiger partial charge in [-0.2, -0.15) is 0 Å². The van der Waals surface area contributed by atoms with E-state index in [9.17, 15) is 0 Å². The normalized spacial score (nSPS) is 11.3. The van der Waals surface area contributed by atoms with Crippen molar-refractivity contribution >= 4 is 22.3 Å². The lowest BCUT2D eigenvalue weighted by Crippen LogP contribution is -2.00. The highest BCUT2D eigenvalue weighted by molar-refractivity contribution is 5.86. The molecule has 0 N–H and O–H groups in total. The Labute approximate surface area is 157 Å². The molecule has 2 aromatic heterocycles. The SMILES string of the molecule is CCc1cccc(-n2c(-c3ccccc3)nc3nc4ccccc4nc32)c1. The maximum absolute atomic E-state index is 4.89. The third kappa shape index (κ3) is 2.66. The molecule has 0 fully saturated rings. The average molecular weight is 350 g/mol. The second-order valence-corrected chi connectivity index (χ2v) is 6.52. The molecule has 0 bridgehead atoms. The van der Waals surface area contributed by atoms with Gasteiger partial charge in [-0.1, -0.05) is 61.5 Å². The van der Waals surface area contributed by atoms with E-state index in [1.54, 1.807) is 0 Å². The van der Waals surface area contributed by atoms with Gasteiger partial charge in [0.2, 0.25) is 0 Å². The van der Waals surface area contributed by atoms with Gasteiger partial charge in [0.05, 0.1) is 11.0 Å². The van der Waals surface area contributed by atoms with Crippen LogP contribution >= 0.6 is 0 Å². The highest BCUT2D eigenvalue weighted by atomic mass is 15.2. The summed E-state index contributed by atoms with van der Waals surface area (Å²) in [5.41, 5.74) is 6.55. The van der Waals surface area contributed by atoms with Crippen LogP contribution in [-0.4, -0.2) is 19.5 Å². The van der Waals surface area contributed by atoms with Gasteiger partial charge in [0.15, 0.2) is 11.3 Å². The molecule has 5 rings (SSSR count). The first-order valence-electron chi connectivity index (χ1n) is 9.13. The van der Waals surface area contributed by atoms with Crippen LogP contribution < -0.4 is 0 Å². The minimum absolute atomic E-state index is 0.662. The van der Waals surface area contributed by atoms with Crippen LogP contribution in [0.1, 0.15) is 12.5 Å². The summed E-state index contributed by atoms with van der Waals surface area (Å²) >= 11 is 0. The van der Waals surface area contributed by atoms with Crippen molar-refractivity contribution in [1.29, 1.82) is 0 Å². The van der Waals surface area contributed by atoms with E-state index < -0.39 is 0 Å². The van der Waals surface area contributed by atoms with Crippen LogP contribution in [0.5, 0.6) is 0 Å². The van der Waals surface area contributed by atoms with Crippen LogP contribution in [-0.2, 0) is 6.42 Å². The monoisotopic (exact) mass is 350 g/mol. The first-order valence-corrected chi connectivity index (χ1v) is 9.13. The second-order valence-electron chi connectivity index (χ2n) is 6.52. The molecule has 3 aromatic carbocycles. The lowest BCUT2D eigenvalue weighted by atomic mass is 10.1. The molecular weight excluding hydrogens is 332 g/mol. The maximum atomic E-state index is 4.89. The Hall–Kier alpha value is -3.53. The topological polar surface area (TPSA) is 43.6 Å². The van der Waals surface area contributed by atoms with Gasteiger partial charge < -0.3 is 0 Å². The molecule has 27 heavy (non-hydrogen) atoms. The highest BCUT2D eigenvalue weighted by Crippen LogP contribution is 2.28. The van der Waals surface area contributed by atoms with Crippen LogP contribution in [0.15, 0.2) is 78.9 Å². The fraction of sp³-hybridized carbons (Fsp3) is 0.0870. The number of imidazole rings is 1.